The highest BCUT2D eigenvalue weighted by Crippen LogP contribution is 2.88. The molecule has 2 bridgehead atoms. The van der Waals surface area contributed by atoms with Gasteiger partial charge in [-0.25, -0.2) is 0 Å². The van der Waals surface area contributed by atoms with Crippen molar-refractivity contribution in [2.45, 2.75) is 6.42 Å². The summed E-state index contributed by atoms with van der Waals surface area (Å²) in [6.07, 6.45) is 0.957. The van der Waals surface area contributed by atoms with E-state index in [1.807, 2.05) is 0 Å². The first kappa shape index (κ1) is 3.75. The largest absolute Gasteiger partial charge is 0.299 e. The van der Waals surface area contributed by atoms with Crippen molar-refractivity contribution in [2.24, 2.45) is 35.5 Å². The highest BCUT2D eigenvalue weighted by atomic mass is 16.1. The van der Waals surface area contributed by atoms with Crippen LogP contribution in [0.2, 0.25) is 0 Å². The fourth-order valence-electron chi connectivity index (χ4n) is 3.64. The fraction of sp³-hybridized carbons (Fsp3) is 0.875. The normalized spacial score (nSPS) is 78.9. The molecule has 0 radical (unpaired) electrons. The average Bonchev–Trinajstić information content (AvgIpc) is 2.62. The Bertz CT molecular complexity index is 223. The van der Waals surface area contributed by atoms with Crippen LogP contribution in [0.5, 0.6) is 0 Å². The Kier molecular flexibility index (Phi) is 0.302. The minimum absolute atomic E-state index is 0.595. The van der Waals surface area contributed by atoms with Crippen LogP contribution in [-0.4, -0.2) is 5.78 Å². The summed E-state index contributed by atoms with van der Waals surface area (Å²) in [7, 11) is 0. The maximum absolute atomic E-state index is 11.0. The van der Waals surface area contributed by atoms with Crippen LogP contribution in [0.3, 0.4) is 0 Å². The van der Waals surface area contributed by atoms with Crippen molar-refractivity contribution in [2.75, 3.05) is 0 Å². The molecule has 0 aliphatic heterocycles. The zero-order chi connectivity index (χ0) is 5.75. The Morgan fingerprint density at radius 1 is 1.11 bits per heavy atom. The van der Waals surface area contributed by atoms with Crippen molar-refractivity contribution in [1.82, 2.24) is 0 Å². The SMILES string of the molecule is O=C1CC2C1C1C3C2C13. The molecule has 0 heterocycles. The van der Waals surface area contributed by atoms with Crippen molar-refractivity contribution < 1.29 is 4.79 Å². The van der Waals surface area contributed by atoms with Gasteiger partial charge in [0, 0.05) is 12.3 Å². The van der Waals surface area contributed by atoms with Crippen LogP contribution in [0, 0.1) is 35.5 Å². The van der Waals surface area contributed by atoms with Gasteiger partial charge in [-0.2, -0.15) is 0 Å². The Labute approximate surface area is 53.4 Å². The second-order valence-corrected chi connectivity index (χ2v) is 4.17. The number of hydrogen-bond donors (Lipinski definition) is 0. The molecule has 1 nitrogen and oxygen atoms in total. The lowest BCUT2D eigenvalue weighted by Crippen LogP contribution is -2.33. The topological polar surface area (TPSA) is 17.1 Å². The van der Waals surface area contributed by atoms with Gasteiger partial charge >= 0.3 is 0 Å². The monoisotopic (exact) mass is 120 g/mol. The summed E-state index contributed by atoms with van der Waals surface area (Å²) in [5, 5.41) is 0. The van der Waals surface area contributed by atoms with Gasteiger partial charge < -0.3 is 0 Å². The van der Waals surface area contributed by atoms with Gasteiger partial charge in [0.15, 0.2) is 0 Å². The molecule has 4 atom stereocenters. The average molecular weight is 120 g/mol. The molecular weight excluding hydrogens is 112 g/mol. The third-order valence-corrected chi connectivity index (χ3v) is 4.12. The van der Waals surface area contributed by atoms with Gasteiger partial charge in [-0.15, -0.1) is 0 Å². The molecule has 9 heavy (non-hydrogen) atoms. The van der Waals surface area contributed by atoms with E-state index in [4.69, 9.17) is 0 Å². The van der Waals surface area contributed by atoms with E-state index >= 15 is 0 Å². The summed E-state index contributed by atoms with van der Waals surface area (Å²) in [5.41, 5.74) is 0. The molecule has 0 aromatic rings. The highest BCUT2D eigenvalue weighted by Gasteiger charge is 2.87. The predicted molar refractivity (Wildman–Crippen MR) is 30.6 cm³/mol. The smallest absolute Gasteiger partial charge is 0.136 e. The summed E-state index contributed by atoms with van der Waals surface area (Å²) in [6.45, 7) is 0. The number of ketones is 1. The summed E-state index contributed by atoms with van der Waals surface area (Å²) >= 11 is 0. The molecule has 1 heteroatoms. The summed E-state index contributed by atoms with van der Waals surface area (Å²) < 4.78 is 0. The first-order valence-electron chi connectivity index (χ1n) is 3.92. The predicted octanol–water partition coefficient (Wildman–Crippen LogP) is 0.697. The van der Waals surface area contributed by atoms with Crippen molar-refractivity contribution in [3.63, 3.8) is 0 Å². The van der Waals surface area contributed by atoms with Gasteiger partial charge in [-0.05, 0) is 29.6 Å². The zero-order valence-corrected chi connectivity index (χ0v) is 5.08. The lowest BCUT2D eigenvalue weighted by atomic mass is 9.75. The molecule has 0 spiro atoms. The molecule has 4 unspecified atom stereocenters. The number of rotatable bonds is 0. The minimum Gasteiger partial charge on any atom is -0.299 e. The standard InChI is InChI=1S/C8H8O/c9-3-1-2-4(3)6-7-5(2)8(6)7/h2,4-8H,1H2. The van der Waals surface area contributed by atoms with E-state index < -0.39 is 0 Å². The van der Waals surface area contributed by atoms with Gasteiger partial charge in [0.05, 0.1) is 0 Å². The van der Waals surface area contributed by atoms with Crippen LogP contribution in [0.4, 0.5) is 0 Å². The maximum Gasteiger partial charge on any atom is 0.136 e. The Morgan fingerprint density at radius 2 is 1.89 bits per heavy atom. The Hall–Kier alpha value is -0.330. The lowest BCUT2D eigenvalue weighted by molar-refractivity contribution is -0.132. The number of carbonyl (C=O) groups excluding carboxylic acids is 1. The van der Waals surface area contributed by atoms with Gasteiger partial charge in [-0.3, -0.25) is 4.79 Å². The van der Waals surface area contributed by atoms with Crippen LogP contribution >= 0.6 is 0 Å². The van der Waals surface area contributed by atoms with E-state index in [1.54, 1.807) is 0 Å². The third-order valence-electron chi connectivity index (χ3n) is 4.12. The molecule has 0 saturated heterocycles. The van der Waals surface area contributed by atoms with Gasteiger partial charge in [-0.1, -0.05) is 0 Å². The van der Waals surface area contributed by atoms with E-state index in [9.17, 15) is 4.79 Å². The van der Waals surface area contributed by atoms with Crippen LogP contribution in [-0.2, 0) is 4.79 Å². The molecule has 0 amide bonds. The summed E-state index contributed by atoms with van der Waals surface area (Å²) in [5.74, 6) is 6.25. The number of Topliss-reactive ketones (excluding diaryl/α,β-unsaturated/α-hetero) is 1. The zero-order valence-electron chi connectivity index (χ0n) is 5.08. The molecule has 0 N–H and O–H groups in total. The van der Waals surface area contributed by atoms with Crippen LogP contribution in [0.1, 0.15) is 6.42 Å². The van der Waals surface area contributed by atoms with Gasteiger partial charge in [0.2, 0.25) is 0 Å². The van der Waals surface area contributed by atoms with Crippen LogP contribution < -0.4 is 0 Å². The molecule has 5 rings (SSSR count). The van der Waals surface area contributed by atoms with Crippen LogP contribution in [0.15, 0.2) is 0 Å². The summed E-state index contributed by atoms with van der Waals surface area (Å²) in [4.78, 5) is 11.0. The molecular formula is C8H8O. The van der Waals surface area contributed by atoms with Crippen molar-refractivity contribution in [3.05, 3.63) is 0 Å². The molecule has 5 aliphatic rings. The van der Waals surface area contributed by atoms with Gasteiger partial charge in [0.25, 0.3) is 0 Å². The molecule has 46 valence electrons. The fourth-order valence-corrected chi connectivity index (χ4v) is 3.64. The van der Waals surface area contributed by atoms with E-state index in [1.165, 1.54) is 0 Å². The van der Waals surface area contributed by atoms with E-state index in [-0.39, 0.29) is 0 Å². The Morgan fingerprint density at radius 3 is 2.33 bits per heavy atom. The maximum atomic E-state index is 11.0. The highest BCUT2D eigenvalue weighted by molar-refractivity contribution is 5.90. The minimum atomic E-state index is 0.595. The number of carbonyl (C=O) groups is 1. The van der Waals surface area contributed by atoms with Crippen molar-refractivity contribution in [1.29, 1.82) is 0 Å². The second kappa shape index (κ2) is 0.727. The molecule has 5 saturated carbocycles. The molecule has 0 aromatic heterocycles. The third kappa shape index (κ3) is 0.194. The van der Waals surface area contributed by atoms with E-state index in [0.717, 1.165) is 36.0 Å². The van der Waals surface area contributed by atoms with E-state index in [2.05, 4.69) is 0 Å². The van der Waals surface area contributed by atoms with Crippen LogP contribution in [0.25, 0.3) is 0 Å². The molecule has 5 aliphatic carbocycles. The van der Waals surface area contributed by atoms with Crippen molar-refractivity contribution >= 4 is 5.78 Å². The number of hydrogen-bond acceptors (Lipinski definition) is 1. The Balaban J connectivity index is 1.91. The quantitative estimate of drug-likeness (QED) is 0.460. The molecule has 5 fully saturated rings. The lowest BCUT2D eigenvalue weighted by Gasteiger charge is -2.27. The van der Waals surface area contributed by atoms with E-state index in [0.29, 0.717) is 11.7 Å². The van der Waals surface area contributed by atoms with Crippen molar-refractivity contribution in [3.8, 4) is 0 Å². The first-order valence-corrected chi connectivity index (χ1v) is 3.92. The molecule has 0 aromatic carbocycles. The van der Waals surface area contributed by atoms with Gasteiger partial charge in [0.1, 0.15) is 5.78 Å². The second-order valence-electron chi connectivity index (χ2n) is 4.17. The summed E-state index contributed by atoms with van der Waals surface area (Å²) in [6, 6.07) is 0. The first-order chi connectivity index (χ1) is 4.39.